The van der Waals surface area contributed by atoms with Crippen molar-refractivity contribution < 1.29 is 8.23 Å². The van der Waals surface area contributed by atoms with Crippen LogP contribution in [0.15, 0.2) is 0 Å². The van der Waals surface area contributed by atoms with Crippen molar-refractivity contribution >= 4 is 25.4 Å². The van der Waals surface area contributed by atoms with E-state index in [1.807, 2.05) is 0 Å². The summed E-state index contributed by atoms with van der Waals surface area (Å²) < 4.78 is 12.6. The molecule has 0 aromatic rings. The zero-order chi connectivity index (χ0) is 13.2. The molecule has 3 nitrogen and oxygen atoms in total. The molecule has 16 heavy (non-hydrogen) atoms. The van der Waals surface area contributed by atoms with E-state index in [9.17, 15) is 0 Å². The lowest BCUT2D eigenvalue weighted by atomic mass is 10.4. The van der Waals surface area contributed by atoms with E-state index >= 15 is 0 Å². The van der Waals surface area contributed by atoms with Crippen LogP contribution in [0.5, 0.6) is 0 Å². The summed E-state index contributed by atoms with van der Waals surface area (Å²) in [6.45, 7) is 19.7. The van der Waals surface area contributed by atoms with Crippen LogP contribution in [-0.4, -0.2) is 31.4 Å². The molecule has 0 fully saturated rings. The highest BCUT2D eigenvalue weighted by Crippen LogP contribution is 2.18. The molecule has 0 heterocycles. The van der Waals surface area contributed by atoms with Crippen LogP contribution >= 0.6 is 0 Å². The molecule has 1 N–H and O–H groups in total. The van der Waals surface area contributed by atoms with Gasteiger partial charge in [-0.2, -0.15) is 0 Å². The maximum atomic E-state index is 6.29. The first-order valence-corrected chi connectivity index (χ1v) is 15.1. The lowest BCUT2D eigenvalue weighted by molar-refractivity contribution is 0.355. The second-order valence-electron chi connectivity index (χ2n) is 6.67. The van der Waals surface area contributed by atoms with Gasteiger partial charge in [-0.25, -0.2) is 0 Å². The molecule has 0 unspecified atom stereocenters. The van der Waals surface area contributed by atoms with E-state index in [0.29, 0.717) is 6.04 Å². The molecule has 0 aliphatic heterocycles. The van der Waals surface area contributed by atoms with E-state index in [4.69, 9.17) is 8.23 Å². The van der Waals surface area contributed by atoms with E-state index in [2.05, 4.69) is 64.7 Å². The Morgan fingerprint density at radius 3 is 1.25 bits per heavy atom. The average Bonchev–Trinajstić information content (AvgIpc) is 1.69. The largest absolute Gasteiger partial charge is 0.425 e. The van der Waals surface area contributed by atoms with Crippen LogP contribution < -0.4 is 4.98 Å². The molecule has 98 valence electrons. The lowest BCUT2D eigenvalue weighted by Gasteiger charge is -2.39. The Balaban J connectivity index is 4.75. The Kier molecular flexibility index (Phi) is 5.63. The molecular weight excluding hydrogens is 250 g/mol. The summed E-state index contributed by atoms with van der Waals surface area (Å²) in [4.78, 5) is 3.53. The predicted molar refractivity (Wildman–Crippen MR) is 78.8 cm³/mol. The van der Waals surface area contributed by atoms with Gasteiger partial charge in [0.05, 0.1) is 0 Å². The topological polar surface area (TPSA) is 30.5 Å². The van der Waals surface area contributed by atoms with Gasteiger partial charge in [-0.05, 0) is 51.9 Å². The van der Waals surface area contributed by atoms with E-state index < -0.39 is 25.4 Å². The third kappa shape index (κ3) is 8.66. The molecule has 0 aromatic heterocycles. The SMILES string of the molecule is CC(C)N[Si](C)(O[Si](C)(C)C)O[Si](C)(C)C. The summed E-state index contributed by atoms with van der Waals surface area (Å²) in [6.07, 6.45) is 0. The van der Waals surface area contributed by atoms with Crippen molar-refractivity contribution in [1.29, 1.82) is 0 Å². The van der Waals surface area contributed by atoms with Gasteiger partial charge in [-0.15, -0.1) is 0 Å². The van der Waals surface area contributed by atoms with Crippen LogP contribution in [-0.2, 0) is 8.23 Å². The summed E-state index contributed by atoms with van der Waals surface area (Å²) in [5, 5.41) is 0. The van der Waals surface area contributed by atoms with Crippen molar-refractivity contribution in [2.75, 3.05) is 0 Å². The summed E-state index contributed by atoms with van der Waals surface area (Å²) in [5.41, 5.74) is 0. The number of rotatable bonds is 6. The number of hydrogen-bond donors (Lipinski definition) is 1. The Labute approximate surface area is 105 Å². The Morgan fingerprint density at radius 1 is 0.750 bits per heavy atom. The lowest BCUT2D eigenvalue weighted by Crippen LogP contribution is -2.63. The zero-order valence-electron chi connectivity index (χ0n) is 12.4. The fourth-order valence-electron chi connectivity index (χ4n) is 1.77. The zero-order valence-corrected chi connectivity index (χ0v) is 15.4. The summed E-state index contributed by atoms with van der Waals surface area (Å²) in [5.74, 6) is 0. The molecule has 0 amide bonds. The van der Waals surface area contributed by atoms with E-state index in [0.717, 1.165) is 0 Å². The van der Waals surface area contributed by atoms with E-state index in [-0.39, 0.29) is 0 Å². The number of nitrogens with one attached hydrogen (secondary N) is 1. The van der Waals surface area contributed by atoms with Gasteiger partial charge < -0.3 is 8.23 Å². The smallest absolute Gasteiger partial charge is 0.401 e. The molecule has 0 saturated carbocycles. The highest BCUT2D eigenvalue weighted by atomic mass is 28.5. The van der Waals surface area contributed by atoms with E-state index in [1.54, 1.807) is 0 Å². The molecule has 0 atom stereocenters. The quantitative estimate of drug-likeness (QED) is 0.757. The van der Waals surface area contributed by atoms with Gasteiger partial charge in [0.2, 0.25) is 0 Å². The van der Waals surface area contributed by atoms with Crippen molar-refractivity contribution in [1.82, 2.24) is 4.98 Å². The first-order valence-electron chi connectivity index (χ1n) is 6.01. The summed E-state index contributed by atoms with van der Waals surface area (Å²) in [6, 6.07) is 0.407. The van der Waals surface area contributed by atoms with Gasteiger partial charge in [0.15, 0.2) is 16.6 Å². The average molecular weight is 280 g/mol. The normalized spacial score (nSPS) is 14.6. The monoisotopic (exact) mass is 279 g/mol. The second-order valence-corrected chi connectivity index (χ2v) is 18.9. The Bertz CT molecular complexity index is 205. The third-order valence-electron chi connectivity index (χ3n) is 1.55. The first kappa shape index (κ1) is 16.5. The maximum absolute atomic E-state index is 6.29. The molecule has 0 saturated heterocycles. The number of hydrogen-bond acceptors (Lipinski definition) is 3. The highest BCUT2D eigenvalue weighted by Gasteiger charge is 2.41. The van der Waals surface area contributed by atoms with Crippen molar-refractivity contribution in [2.45, 2.75) is 65.7 Å². The molecule has 0 rings (SSSR count). The third-order valence-corrected chi connectivity index (χ3v) is 10.7. The van der Waals surface area contributed by atoms with Gasteiger partial charge >= 0.3 is 8.72 Å². The molecular formula is C10H29NO2Si3. The summed E-state index contributed by atoms with van der Waals surface area (Å²) in [7, 11) is -5.34. The molecule has 0 aromatic carbocycles. The van der Waals surface area contributed by atoms with Gasteiger partial charge in [0, 0.05) is 0 Å². The van der Waals surface area contributed by atoms with Crippen molar-refractivity contribution in [3.05, 3.63) is 0 Å². The maximum Gasteiger partial charge on any atom is 0.401 e. The van der Waals surface area contributed by atoms with Crippen molar-refractivity contribution in [3.8, 4) is 0 Å². The minimum atomic E-state index is -2.21. The van der Waals surface area contributed by atoms with Crippen molar-refractivity contribution in [3.63, 3.8) is 0 Å². The minimum Gasteiger partial charge on any atom is -0.425 e. The van der Waals surface area contributed by atoms with Crippen LogP contribution in [0.1, 0.15) is 13.8 Å². The van der Waals surface area contributed by atoms with E-state index in [1.165, 1.54) is 0 Å². The Morgan fingerprint density at radius 2 is 1.06 bits per heavy atom. The molecule has 6 heteroatoms. The molecule has 0 spiro atoms. The minimum absolute atomic E-state index is 0.407. The first-order chi connectivity index (χ1) is 6.83. The Hall–Kier alpha value is 0.531. The van der Waals surface area contributed by atoms with Gasteiger partial charge in [0.25, 0.3) is 0 Å². The van der Waals surface area contributed by atoms with Crippen molar-refractivity contribution in [2.24, 2.45) is 0 Å². The fourth-order valence-corrected chi connectivity index (χ4v) is 13.2. The summed E-state index contributed by atoms with van der Waals surface area (Å²) >= 11 is 0. The van der Waals surface area contributed by atoms with Crippen LogP contribution in [0, 0.1) is 0 Å². The molecule has 0 radical (unpaired) electrons. The van der Waals surface area contributed by atoms with Crippen LogP contribution in [0.2, 0.25) is 45.8 Å². The predicted octanol–water partition coefficient (Wildman–Crippen LogP) is 3.26. The van der Waals surface area contributed by atoms with Gasteiger partial charge in [-0.1, -0.05) is 13.8 Å². The standard InChI is InChI=1S/C10H29NO2Si3/c1-10(2)11-16(9,12-14(3,4)5)13-15(6,7)8/h10-11H,1-9H3. The van der Waals surface area contributed by atoms with Gasteiger partial charge in [0.1, 0.15) is 0 Å². The molecule has 0 aliphatic carbocycles. The van der Waals surface area contributed by atoms with Crippen LogP contribution in [0.4, 0.5) is 0 Å². The molecule has 0 bridgehead atoms. The van der Waals surface area contributed by atoms with Crippen LogP contribution in [0.3, 0.4) is 0 Å². The molecule has 0 aliphatic rings. The highest BCUT2D eigenvalue weighted by molar-refractivity contribution is 6.86. The van der Waals surface area contributed by atoms with Gasteiger partial charge in [-0.3, -0.25) is 4.98 Å². The fraction of sp³-hybridized carbons (Fsp3) is 1.00. The second kappa shape index (κ2) is 5.45. The van der Waals surface area contributed by atoms with Crippen LogP contribution in [0.25, 0.3) is 0 Å².